The summed E-state index contributed by atoms with van der Waals surface area (Å²) in [5.74, 6) is 0.319. The van der Waals surface area contributed by atoms with Gasteiger partial charge in [0, 0.05) is 35.4 Å². The fourth-order valence-corrected chi connectivity index (χ4v) is 4.84. The van der Waals surface area contributed by atoms with Gasteiger partial charge in [-0.3, -0.25) is 0 Å². The maximum absolute atomic E-state index is 13.9. The largest absolute Gasteiger partial charge is 0.488 e. The minimum absolute atomic E-state index is 0.243. The highest BCUT2D eigenvalue weighted by atomic mass is 35.5. The number of nitrogens with zero attached hydrogens (tertiary/aromatic N) is 3. The molecule has 2 aromatic carbocycles. The molecule has 4 aromatic rings. The Morgan fingerprint density at radius 3 is 2.76 bits per heavy atom. The number of benzene rings is 2. The van der Waals surface area contributed by atoms with Crippen molar-refractivity contribution in [3.05, 3.63) is 105 Å². The van der Waals surface area contributed by atoms with Crippen LogP contribution in [0.5, 0.6) is 5.75 Å². The van der Waals surface area contributed by atoms with Crippen LogP contribution in [-0.4, -0.2) is 9.38 Å². The van der Waals surface area contributed by atoms with E-state index >= 15 is 0 Å². The van der Waals surface area contributed by atoms with Gasteiger partial charge in [-0.05, 0) is 53.8 Å². The van der Waals surface area contributed by atoms with Crippen LogP contribution in [0.25, 0.3) is 11.2 Å². The Labute approximate surface area is 202 Å². The maximum Gasteiger partial charge on any atom is 0.156 e. The molecule has 4 nitrogen and oxygen atoms in total. The number of nitriles is 1. The number of allylic oxidation sites excluding steroid dienone is 1. The Balaban J connectivity index is 1.62. The predicted molar refractivity (Wildman–Crippen MR) is 132 cm³/mol. The van der Waals surface area contributed by atoms with Crippen molar-refractivity contribution < 1.29 is 9.13 Å². The van der Waals surface area contributed by atoms with E-state index in [1.165, 1.54) is 12.1 Å². The molecule has 170 valence electrons. The van der Waals surface area contributed by atoms with Crippen molar-refractivity contribution in [3.63, 3.8) is 0 Å². The van der Waals surface area contributed by atoms with Gasteiger partial charge in [-0.15, -0.1) is 0 Å². The van der Waals surface area contributed by atoms with Crippen molar-refractivity contribution in [2.45, 2.75) is 39.7 Å². The number of rotatable bonds is 3. The van der Waals surface area contributed by atoms with Crippen LogP contribution in [0, 0.1) is 17.1 Å². The first-order chi connectivity index (χ1) is 16.4. The van der Waals surface area contributed by atoms with Gasteiger partial charge in [0.25, 0.3) is 0 Å². The normalized spacial score (nSPS) is 14.3. The van der Waals surface area contributed by atoms with Crippen LogP contribution >= 0.6 is 11.6 Å². The number of imidazole rings is 1. The third-order valence-electron chi connectivity index (χ3n) is 6.23. The van der Waals surface area contributed by atoms with Gasteiger partial charge in [-0.2, -0.15) is 5.26 Å². The summed E-state index contributed by atoms with van der Waals surface area (Å²) in [6.45, 7) is 6.32. The van der Waals surface area contributed by atoms with Crippen LogP contribution < -0.4 is 4.74 Å². The summed E-state index contributed by atoms with van der Waals surface area (Å²) in [4.78, 5) is 4.82. The minimum atomic E-state index is -0.369. The lowest BCUT2D eigenvalue weighted by Crippen LogP contribution is -2.03. The van der Waals surface area contributed by atoms with Gasteiger partial charge < -0.3 is 9.14 Å². The average molecular weight is 472 g/mol. The summed E-state index contributed by atoms with van der Waals surface area (Å²) in [7, 11) is 0. The molecule has 0 N–H and O–H groups in total. The quantitative estimate of drug-likeness (QED) is 0.300. The van der Waals surface area contributed by atoms with Crippen molar-refractivity contribution in [2.24, 2.45) is 0 Å². The van der Waals surface area contributed by atoms with E-state index < -0.39 is 0 Å². The van der Waals surface area contributed by atoms with Crippen molar-refractivity contribution in [1.82, 2.24) is 9.38 Å². The number of fused-ring (bicyclic) bond motifs is 3. The first-order valence-electron chi connectivity index (χ1n) is 11.2. The van der Waals surface area contributed by atoms with Gasteiger partial charge in [0.2, 0.25) is 0 Å². The van der Waals surface area contributed by atoms with Gasteiger partial charge in [0.05, 0.1) is 22.5 Å². The van der Waals surface area contributed by atoms with Crippen LogP contribution in [0.3, 0.4) is 0 Å². The summed E-state index contributed by atoms with van der Waals surface area (Å²) < 4.78 is 22.0. The number of pyridine rings is 1. The molecule has 5 rings (SSSR count). The summed E-state index contributed by atoms with van der Waals surface area (Å²) in [5, 5.41) is 10.3. The molecule has 1 aliphatic rings. The summed E-state index contributed by atoms with van der Waals surface area (Å²) in [6.07, 6.45) is 2.66. The topological polar surface area (TPSA) is 50.3 Å². The fourth-order valence-electron chi connectivity index (χ4n) is 4.64. The highest BCUT2D eigenvalue weighted by molar-refractivity contribution is 6.33. The SMILES string of the molecule is CC(C#N)=C1c2ccc(Cc3c(C(C)C)nc4c(Cl)cccn34)cc2COc2cc(F)ccc21. The highest BCUT2D eigenvalue weighted by Crippen LogP contribution is 2.39. The molecular weight excluding hydrogens is 449 g/mol. The van der Waals surface area contributed by atoms with E-state index in [-0.39, 0.29) is 18.3 Å². The standard InChI is InChI=1S/C28H23ClFN3O/c1-16(2)27-24(33-10-4-5-23(29)28(33)32-27)12-18-6-8-21-19(11-18)15-34-25-13-20(30)7-9-22(25)26(21)17(3)14-31/h4-11,13,16H,12,15H2,1-3H3. The van der Waals surface area contributed by atoms with Crippen LogP contribution in [-0.2, 0) is 13.0 Å². The molecule has 2 aromatic heterocycles. The third kappa shape index (κ3) is 3.74. The zero-order chi connectivity index (χ0) is 24.0. The lowest BCUT2D eigenvalue weighted by atomic mass is 9.89. The van der Waals surface area contributed by atoms with Crippen LogP contribution in [0.1, 0.15) is 60.3 Å². The fraction of sp³-hybridized carbons (Fsp3) is 0.214. The number of aromatic nitrogens is 2. The van der Waals surface area contributed by atoms with Gasteiger partial charge >= 0.3 is 0 Å². The smallest absolute Gasteiger partial charge is 0.156 e. The maximum atomic E-state index is 13.9. The van der Waals surface area contributed by atoms with Crippen molar-refractivity contribution in [2.75, 3.05) is 0 Å². The zero-order valence-electron chi connectivity index (χ0n) is 19.2. The molecule has 0 atom stereocenters. The molecule has 0 amide bonds. The Kier molecular flexibility index (Phi) is 5.63. The second-order valence-corrected chi connectivity index (χ2v) is 9.26. The van der Waals surface area contributed by atoms with Gasteiger partial charge in [0.1, 0.15) is 18.2 Å². The highest BCUT2D eigenvalue weighted by Gasteiger charge is 2.23. The Morgan fingerprint density at radius 2 is 2.00 bits per heavy atom. The number of hydrogen-bond acceptors (Lipinski definition) is 3. The summed E-state index contributed by atoms with van der Waals surface area (Å²) >= 11 is 6.42. The van der Waals surface area contributed by atoms with E-state index in [4.69, 9.17) is 21.3 Å². The molecule has 0 spiro atoms. The molecule has 0 bridgehead atoms. The summed E-state index contributed by atoms with van der Waals surface area (Å²) in [5.41, 5.74) is 7.91. The molecule has 34 heavy (non-hydrogen) atoms. The second-order valence-electron chi connectivity index (χ2n) is 8.86. The first-order valence-corrected chi connectivity index (χ1v) is 11.6. The van der Waals surface area contributed by atoms with E-state index in [9.17, 15) is 9.65 Å². The van der Waals surface area contributed by atoms with Gasteiger partial charge in [-0.25, -0.2) is 9.37 Å². The van der Waals surface area contributed by atoms with Crippen molar-refractivity contribution in [3.8, 4) is 11.8 Å². The Bertz CT molecular complexity index is 1510. The van der Waals surface area contributed by atoms with Gasteiger partial charge in [0.15, 0.2) is 5.65 Å². The van der Waals surface area contributed by atoms with E-state index in [1.54, 1.807) is 13.0 Å². The first kappa shape index (κ1) is 22.2. The predicted octanol–water partition coefficient (Wildman–Crippen LogP) is 7.08. The zero-order valence-corrected chi connectivity index (χ0v) is 19.9. The van der Waals surface area contributed by atoms with Crippen molar-refractivity contribution >= 4 is 22.8 Å². The third-order valence-corrected chi connectivity index (χ3v) is 6.52. The number of halogens is 2. The van der Waals surface area contributed by atoms with E-state index in [1.807, 2.05) is 24.4 Å². The lowest BCUT2D eigenvalue weighted by Gasteiger charge is -2.13. The molecule has 6 heteroatoms. The minimum Gasteiger partial charge on any atom is -0.488 e. The van der Waals surface area contributed by atoms with Gasteiger partial charge in [-0.1, -0.05) is 43.6 Å². The number of hydrogen-bond donors (Lipinski definition) is 0. The molecule has 3 heterocycles. The van der Waals surface area contributed by atoms with E-state index in [0.29, 0.717) is 22.8 Å². The van der Waals surface area contributed by atoms with Crippen LogP contribution in [0.4, 0.5) is 4.39 Å². The molecule has 1 aliphatic heterocycles. The van der Waals surface area contributed by atoms with E-state index in [2.05, 4.69) is 36.5 Å². The van der Waals surface area contributed by atoms with Crippen LogP contribution in [0.15, 0.2) is 60.3 Å². The summed E-state index contributed by atoms with van der Waals surface area (Å²) in [6, 6.07) is 16.7. The molecule has 0 saturated heterocycles. The number of ether oxygens (including phenoxy) is 1. The average Bonchev–Trinajstić information content (AvgIpc) is 3.11. The molecule has 0 radical (unpaired) electrons. The molecule has 0 fully saturated rings. The molecular formula is C28H23ClFN3O. The lowest BCUT2D eigenvalue weighted by molar-refractivity contribution is 0.305. The molecule has 0 unspecified atom stereocenters. The Hall–Kier alpha value is -3.62. The second kappa shape index (κ2) is 8.62. The van der Waals surface area contributed by atoms with Crippen LogP contribution in [0.2, 0.25) is 5.02 Å². The van der Waals surface area contributed by atoms with E-state index in [0.717, 1.165) is 44.9 Å². The van der Waals surface area contributed by atoms with Crippen molar-refractivity contribution in [1.29, 1.82) is 5.26 Å². The molecule has 0 saturated carbocycles. The molecule has 0 aliphatic carbocycles. The Morgan fingerprint density at radius 1 is 1.21 bits per heavy atom. The monoisotopic (exact) mass is 471 g/mol.